The van der Waals surface area contributed by atoms with Gasteiger partial charge in [0, 0.05) is 43.9 Å². The number of carbonyl (C=O) groups excluding carboxylic acids is 1. The van der Waals surface area contributed by atoms with E-state index in [1.807, 2.05) is 54.4 Å². The fourth-order valence-electron chi connectivity index (χ4n) is 3.90. The summed E-state index contributed by atoms with van der Waals surface area (Å²) in [5.41, 5.74) is 9.54. The van der Waals surface area contributed by atoms with Crippen LogP contribution >= 0.6 is 0 Å². The molecule has 0 radical (unpaired) electrons. The second-order valence-corrected chi connectivity index (χ2v) is 7.16. The Morgan fingerprint density at radius 3 is 2.57 bits per heavy atom. The van der Waals surface area contributed by atoms with Crippen molar-refractivity contribution in [3.05, 3.63) is 71.9 Å². The number of nitrogens with zero attached hydrogens (tertiary/aromatic N) is 3. The van der Waals surface area contributed by atoms with Gasteiger partial charge in [0.05, 0.1) is 12.7 Å². The van der Waals surface area contributed by atoms with Gasteiger partial charge in [-0.1, -0.05) is 42.5 Å². The van der Waals surface area contributed by atoms with E-state index in [9.17, 15) is 4.79 Å². The highest BCUT2D eigenvalue weighted by atomic mass is 16.5. The third-order valence-electron chi connectivity index (χ3n) is 5.30. The highest BCUT2D eigenvalue weighted by Crippen LogP contribution is 2.33. The normalized spacial score (nSPS) is 19.0. The lowest BCUT2D eigenvalue weighted by molar-refractivity contribution is 0.0790. The highest BCUT2D eigenvalue weighted by molar-refractivity contribution is 6.00. The molecule has 6 nitrogen and oxygen atoms in total. The second-order valence-electron chi connectivity index (χ2n) is 7.16. The minimum absolute atomic E-state index is 0.0529. The van der Waals surface area contributed by atoms with Gasteiger partial charge in [0.1, 0.15) is 11.4 Å². The van der Waals surface area contributed by atoms with E-state index < -0.39 is 0 Å². The first-order valence-electron chi connectivity index (χ1n) is 9.35. The minimum Gasteiger partial charge on any atom is -0.496 e. The number of para-hydroxylation sites is 1. The number of hydrogen-bond donors (Lipinski definition) is 1. The molecule has 0 spiro atoms. The summed E-state index contributed by atoms with van der Waals surface area (Å²) in [6.45, 7) is 1.13. The van der Waals surface area contributed by atoms with E-state index in [1.54, 1.807) is 18.0 Å². The van der Waals surface area contributed by atoms with Gasteiger partial charge in [-0.25, -0.2) is 0 Å². The number of aromatic nitrogens is 2. The van der Waals surface area contributed by atoms with Crippen LogP contribution in [0.25, 0.3) is 11.3 Å². The second kappa shape index (κ2) is 7.48. The molecule has 2 aromatic carbocycles. The lowest BCUT2D eigenvalue weighted by Crippen LogP contribution is -2.32. The average Bonchev–Trinajstić information content (AvgIpc) is 3.31. The first-order chi connectivity index (χ1) is 13.6. The fourth-order valence-corrected chi connectivity index (χ4v) is 3.90. The van der Waals surface area contributed by atoms with Crippen molar-refractivity contribution in [2.24, 2.45) is 12.8 Å². The van der Waals surface area contributed by atoms with Crippen molar-refractivity contribution in [2.75, 3.05) is 20.2 Å². The number of amides is 1. The summed E-state index contributed by atoms with van der Waals surface area (Å²) in [7, 11) is 3.44. The molecule has 1 aromatic heterocycles. The number of benzene rings is 2. The maximum atomic E-state index is 13.4. The van der Waals surface area contributed by atoms with Gasteiger partial charge in [0.2, 0.25) is 0 Å². The van der Waals surface area contributed by atoms with Crippen LogP contribution in [0.4, 0.5) is 0 Å². The van der Waals surface area contributed by atoms with Gasteiger partial charge in [-0.3, -0.25) is 9.48 Å². The standard InChI is InChI=1S/C22H24N4O2/c1-25-12-18(21(24-25)16-10-6-7-11-20(16)28-2)22(27)26-13-17(19(23)14-26)15-8-4-3-5-9-15/h3-12,17,19H,13-14,23H2,1-2H3/t17-,19+/m0/s1. The zero-order valence-corrected chi connectivity index (χ0v) is 16.1. The lowest BCUT2D eigenvalue weighted by Gasteiger charge is -2.17. The maximum absolute atomic E-state index is 13.4. The van der Waals surface area contributed by atoms with E-state index >= 15 is 0 Å². The summed E-state index contributed by atoms with van der Waals surface area (Å²) in [5.74, 6) is 0.773. The van der Waals surface area contributed by atoms with E-state index in [0.29, 0.717) is 30.1 Å². The van der Waals surface area contributed by atoms with Gasteiger partial charge < -0.3 is 15.4 Å². The molecule has 2 N–H and O–H groups in total. The smallest absolute Gasteiger partial charge is 0.257 e. The lowest BCUT2D eigenvalue weighted by atomic mass is 9.95. The molecule has 2 heterocycles. The quantitative estimate of drug-likeness (QED) is 0.760. The van der Waals surface area contributed by atoms with Crippen LogP contribution < -0.4 is 10.5 Å². The molecule has 2 atom stereocenters. The van der Waals surface area contributed by atoms with Gasteiger partial charge in [0.15, 0.2) is 0 Å². The first kappa shape index (κ1) is 18.3. The van der Waals surface area contributed by atoms with Crippen molar-refractivity contribution in [2.45, 2.75) is 12.0 Å². The molecular formula is C22H24N4O2. The number of nitrogens with two attached hydrogens (primary N) is 1. The summed E-state index contributed by atoms with van der Waals surface area (Å²) in [6, 6.07) is 17.7. The zero-order valence-electron chi connectivity index (χ0n) is 16.1. The van der Waals surface area contributed by atoms with Crippen LogP contribution in [0.2, 0.25) is 0 Å². The van der Waals surface area contributed by atoms with E-state index in [0.717, 1.165) is 5.56 Å². The van der Waals surface area contributed by atoms with E-state index in [1.165, 1.54) is 5.56 Å². The molecule has 28 heavy (non-hydrogen) atoms. The van der Waals surface area contributed by atoms with E-state index in [-0.39, 0.29) is 17.9 Å². The number of hydrogen-bond acceptors (Lipinski definition) is 4. The van der Waals surface area contributed by atoms with Crippen LogP contribution in [0.5, 0.6) is 5.75 Å². The first-order valence-corrected chi connectivity index (χ1v) is 9.35. The number of aryl methyl sites for hydroxylation is 1. The molecule has 0 saturated carbocycles. The number of methoxy groups -OCH3 is 1. The number of rotatable bonds is 4. The third kappa shape index (κ3) is 3.27. The van der Waals surface area contributed by atoms with Crippen LogP contribution in [0.3, 0.4) is 0 Å². The molecule has 0 unspecified atom stereocenters. The third-order valence-corrected chi connectivity index (χ3v) is 5.30. The predicted octanol–water partition coefficient (Wildman–Crippen LogP) is 2.66. The summed E-state index contributed by atoms with van der Waals surface area (Å²) >= 11 is 0. The number of carbonyl (C=O) groups is 1. The van der Waals surface area contributed by atoms with Crippen LogP contribution in [-0.4, -0.2) is 46.8 Å². The van der Waals surface area contributed by atoms with Crippen molar-refractivity contribution in [3.8, 4) is 17.0 Å². The van der Waals surface area contributed by atoms with Crippen LogP contribution in [0, 0.1) is 0 Å². The van der Waals surface area contributed by atoms with Crippen molar-refractivity contribution in [1.29, 1.82) is 0 Å². The van der Waals surface area contributed by atoms with Gasteiger partial charge in [-0.15, -0.1) is 0 Å². The molecule has 1 fully saturated rings. The molecule has 3 aromatic rings. The Labute approximate surface area is 164 Å². The van der Waals surface area contributed by atoms with Crippen molar-refractivity contribution in [3.63, 3.8) is 0 Å². The van der Waals surface area contributed by atoms with Crippen LogP contribution in [0.15, 0.2) is 60.8 Å². The Hall–Kier alpha value is -3.12. The molecule has 0 bridgehead atoms. The van der Waals surface area contributed by atoms with Gasteiger partial charge in [-0.05, 0) is 17.7 Å². The van der Waals surface area contributed by atoms with Gasteiger partial charge >= 0.3 is 0 Å². The number of ether oxygens (including phenoxy) is 1. The molecule has 1 aliphatic rings. The Morgan fingerprint density at radius 1 is 1.11 bits per heavy atom. The fraction of sp³-hybridized carbons (Fsp3) is 0.273. The van der Waals surface area contributed by atoms with Crippen molar-refractivity contribution in [1.82, 2.24) is 14.7 Å². The molecule has 144 valence electrons. The summed E-state index contributed by atoms with van der Waals surface area (Å²) < 4.78 is 7.13. The molecular weight excluding hydrogens is 352 g/mol. The van der Waals surface area contributed by atoms with Gasteiger partial charge in [-0.2, -0.15) is 5.10 Å². The summed E-state index contributed by atoms with van der Waals surface area (Å²) in [5, 5.41) is 4.54. The average molecular weight is 376 g/mol. The SMILES string of the molecule is COc1ccccc1-c1nn(C)cc1C(=O)N1C[C@@H](N)[C@H](c2ccccc2)C1. The molecule has 1 amide bonds. The van der Waals surface area contributed by atoms with E-state index in [2.05, 4.69) is 17.2 Å². The Kier molecular flexibility index (Phi) is 4.88. The Bertz CT molecular complexity index is 983. The molecule has 6 heteroatoms. The molecule has 1 saturated heterocycles. The van der Waals surface area contributed by atoms with Gasteiger partial charge in [0.25, 0.3) is 5.91 Å². The maximum Gasteiger partial charge on any atom is 0.257 e. The topological polar surface area (TPSA) is 73.4 Å². The molecule has 4 rings (SSSR count). The predicted molar refractivity (Wildman–Crippen MR) is 108 cm³/mol. The molecule has 1 aliphatic heterocycles. The monoisotopic (exact) mass is 376 g/mol. The Balaban J connectivity index is 1.65. The summed E-state index contributed by atoms with van der Waals surface area (Å²) in [4.78, 5) is 15.2. The number of likely N-dealkylation sites (tertiary alicyclic amines) is 1. The minimum atomic E-state index is -0.0854. The van der Waals surface area contributed by atoms with Crippen LogP contribution in [-0.2, 0) is 7.05 Å². The summed E-state index contributed by atoms with van der Waals surface area (Å²) in [6.07, 6.45) is 1.77. The molecule has 0 aliphatic carbocycles. The van der Waals surface area contributed by atoms with Crippen LogP contribution in [0.1, 0.15) is 21.8 Å². The zero-order chi connectivity index (χ0) is 19.7. The van der Waals surface area contributed by atoms with E-state index in [4.69, 9.17) is 10.5 Å². The van der Waals surface area contributed by atoms with Crippen molar-refractivity contribution < 1.29 is 9.53 Å². The Morgan fingerprint density at radius 2 is 1.82 bits per heavy atom. The highest BCUT2D eigenvalue weighted by Gasteiger charge is 2.35. The largest absolute Gasteiger partial charge is 0.496 e. The van der Waals surface area contributed by atoms with Crippen molar-refractivity contribution >= 4 is 5.91 Å².